The zero-order chi connectivity index (χ0) is 10.4. The van der Waals surface area contributed by atoms with Crippen LogP contribution in [0.1, 0.15) is 12.8 Å². The van der Waals surface area contributed by atoms with Gasteiger partial charge in [-0.15, -0.1) is 0 Å². The lowest BCUT2D eigenvalue weighted by atomic mass is 10.2. The van der Waals surface area contributed by atoms with Crippen molar-refractivity contribution < 1.29 is 15.0 Å². The largest absolute Gasteiger partial charge is 0.507 e. The van der Waals surface area contributed by atoms with Crippen molar-refractivity contribution >= 4 is 5.97 Å². The Kier molecular flexibility index (Phi) is 3.73. The van der Waals surface area contributed by atoms with E-state index < -0.39 is 5.97 Å². The average molecular weight is 192 g/mol. The van der Waals surface area contributed by atoms with Gasteiger partial charge >= 0.3 is 5.97 Å². The summed E-state index contributed by atoms with van der Waals surface area (Å²) < 4.78 is 0. The molecule has 0 heterocycles. The molecule has 0 aliphatic heterocycles. The normalized spacial score (nSPS) is 14.1. The van der Waals surface area contributed by atoms with Gasteiger partial charge in [-0.05, 0) is 12.5 Å². The van der Waals surface area contributed by atoms with Gasteiger partial charge in [0.15, 0.2) is 0 Å². The zero-order valence-electron chi connectivity index (χ0n) is 7.68. The summed E-state index contributed by atoms with van der Waals surface area (Å²) in [5, 5.41) is 17.8. The predicted octanol–water partition coefficient (Wildman–Crippen LogP) is 2.35. The summed E-state index contributed by atoms with van der Waals surface area (Å²) in [5.74, 6) is -0.664. The van der Waals surface area contributed by atoms with E-state index in [1.54, 1.807) is 18.2 Å². The lowest BCUT2D eigenvalue weighted by Gasteiger charge is -1.94. The highest BCUT2D eigenvalue weighted by atomic mass is 16.4. The Morgan fingerprint density at radius 3 is 2.50 bits per heavy atom. The van der Waals surface area contributed by atoms with Gasteiger partial charge in [-0.3, -0.25) is 4.79 Å². The number of allylic oxidation sites excluding steroid dienone is 7. The average Bonchev–Trinajstić information content (AvgIpc) is 2.64. The number of hydrogen-bond acceptors (Lipinski definition) is 2. The lowest BCUT2D eigenvalue weighted by molar-refractivity contribution is -0.136. The maximum atomic E-state index is 10.2. The highest BCUT2D eigenvalue weighted by Gasteiger charge is 1.98. The molecule has 74 valence electrons. The minimum absolute atomic E-state index is 0.0881. The zero-order valence-corrected chi connectivity index (χ0v) is 7.68. The van der Waals surface area contributed by atoms with Crippen molar-refractivity contribution in [3.63, 3.8) is 0 Å². The van der Waals surface area contributed by atoms with Crippen LogP contribution in [0.3, 0.4) is 0 Å². The highest BCUT2D eigenvalue weighted by Crippen LogP contribution is 2.12. The van der Waals surface area contributed by atoms with Gasteiger partial charge in [0.25, 0.3) is 0 Å². The quantitative estimate of drug-likeness (QED) is 0.672. The van der Waals surface area contributed by atoms with E-state index in [0.717, 1.165) is 5.57 Å². The lowest BCUT2D eigenvalue weighted by Crippen LogP contribution is -1.91. The van der Waals surface area contributed by atoms with Gasteiger partial charge in [0, 0.05) is 12.0 Å². The SMILES string of the molecule is O=C(O)CCC=CC(O)=C1C=CC=C1. The third-order valence-electron chi connectivity index (χ3n) is 1.76. The van der Waals surface area contributed by atoms with Gasteiger partial charge in [0.1, 0.15) is 5.76 Å². The molecule has 0 aromatic rings. The minimum Gasteiger partial charge on any atom is -0.507 e. The summed E-state index contributed by atoms with van der Waals surface area (Å²) in [5.41, 5.74) is 0.747. The Balaban J connectivity index is 2.44. The molecule has 0 radical (unpaired) electrons. The summed E-state index contributed by atoms with van der Waals surface area (Å²) in [7, 11) is 0. The highest BCUT2D eigenvalue weighted by molar-refractivity contribution is 5.66. The molecule has 3 nitrogen and oxygen atoms in total. The number of carboxylic acids is 1. The third kappa shape index (κ3) is 3.31. The summed E-state index contributed by atoms with van der Waals surface area (Å²) in [6.07, 6.45) is 10.9. The van der Waals surface area contributed by atoms with Crippen molar-refractivity contribution in [1.29, 1.82) is 0 Å². The van der Waals surface area contributed by atoms with Crippen molar-refractivity contribution in [2.75, 3.05) is 0 Å². The summed E-state index contributed by atoms with van der Waals surface area (Å²) in [6.45, 7) is 0. The molecule has 14 heavy (non-hydrogen) atoms. The molecular formula is C11H12O3. The predicted molar refractivity (Wildman–Crippen MR) is 53.9 cm³/mol. The molecular weight excluding hydrogens is 180 g/mol. The van der Waals surface area contributed by atoms with Crippen LogP contribution in [-0.2, 0) is 4.79 Å². The number of aliphatic carboxylic acids is 1. The van der Waals surface area contributed by atoms with Crippen LogP contribution in [0.15, 0.2) is 47.8 Å². The first-order chi connectivity index (χ1) is 6.70. The monoisotopic (exact) mass is 192 g/mol. The van der Waals surface area contributed by atoms with Crippen molar-refractivity contribution in [3.8, 4) is 0 Å². The topological polar surface area (TPSA) is 57.5 Å². The van der Waals surface area contributed by atoms with Crippen LogP contribution in [0.5, 0.6) is 0 Å². The van der Waals surface area contributed by atoms with Crippen LogP contribution in [0.25, 0.3) is 0 Å². The summed E-state index contributed by atoms with van der Waals surface area (Å²) >= 11 is 0. The maximum absolute atomic E-state index is 10.2. The number of rotatable bonds is 4. The van der Waals surface area contributed by atoms with E-state index >= 15 is 0 Å². The molecule has 3 heteroatoms. The van der Waals surface area contributed by atoms with E-state index in [0.29, 0.717) is 6.42 Å². The first-order valence-electron chi connectivity index (χ1n) is 4.36. The van der Waals surface area contributed by atoms with Crippen molar-refractivity contribution in [2.24, 2.45) is 0 Å². The van der Waals surface area contributed by atoms with Crippen LogP contribution < -0.4 is 0 Å². The van der Waals surface area contributed by atoms with Gasteiger partial charge in [-0.2, -0.15) is 0 Å². The molecule has 1 aliphatic rings. The molecule has 0 aromatic heterocycles. The third-order valence-corrected chi connectivity index (χ3v) is 1.76. The number of aliphatic hydroxyl groups is 1. The molecule has 0 unspecified atom stereocenters. The molecule has 1 rings (SSSR count). The van der Waals surface area contributed by atoms with Crippen LogP contribution in [-0.4, -0.2) is 16.2 Å². The maximum Gasteiger partial charge on any atom is 0.303 e. The second kappa shape index (κ2) is 5.07. The van der Waals surface area contributed by atoms with Gasteiger partial charge in [-0.1, -0.05) is 30.4 Å². The van der Waals surface area contributed by atoms with Crippen molar-refractivity contribution in [1.82, 2.24) is 0 Å². The van der Waals surface area contributed by atoms with Gasteiger partial charge in [0.05, 0.1) is 0 Å². The second-order valence-electron chi connectivity index (χ2n) is 2.89. The minimum atomic E-state index is -0.831. The Hall–Kier alpha value is -1.77. The number of aliphatic hydroxyl groups excluding tert-OH is 1. The molecule has 0 bridgehead atoms. The van der Waals surface area contributed by atoms with E-state index in [-0.39, 0.29) is 12.2 Å². The molecule has 0 fully saturated rings. The first kappa shape index (κ1) is 10.3. The van der Waals surface area contributed by atoms with E-state index in [2.05, 4.69) is 0 Å². The molecule has 0 atom stereocenters. The number of hydrogen-bond donors (Lipinski definition) is 2. The molecule has 0 spiro atoms. The van der Waals surface area contributed by atoms with Crippen LogP contribution >= 0.6 is 0 Å². The van der Waals surface area contributed by atoms with Gasteiger partial charge in [-0.25, -0.2) is 0 Å². The Bertz CT molecular complexity index is 318. The fourth-order valence-electron chi connectivity index (χ4n) is 1.04. The summed E-state index contributed by atoms with van der Waals surface area (Å²) in [4.78, 5) is 10.2. The number of carbonyl (C=O) groups is 1. The van der Waals surface area contributed by atoms with Crippen molar-refractivity contribution in [2.45, 2.75) is 12.8 Å². The van der Waals surface area contributed by atoms with E-state index in [1.807, 2.05) is 12.2 Å². The Morgan fingerprint density at radius 2 is 1.93 bits per heavy atom. The van der Waals surface area contributed by atoms with Gasteiger partial charge in [0.2, 0.25) is 0 Å². The molecule has 0 saturated heterocycles. The standard InChI is InChI=1S/C11H12O3/c12-10(9-5-1-2-6-9)7-3-4-8-11(13)14/h1-3,5-7,12H,4,8H2,(H,13,14). The van der Waals surface area contributed by atoms with Gasteiger partial charge < -0.3 is 10.2 Å². The van der Waals surface area contributed by atoms with E-state index in [4.69, 9.17) is 5.11 Å². The van der Waals surface area contributed by atoms with E-state index in [1.165, 1.54) is 6.08 Å². The Morgan fingerprint density at radius 1 is 1.29 bits per heavy atom. The molecule has 1 aliphatic carbocycles. The fourth-order valence-corrected chi connectivity index (χ4v) is 1.04. The fraction of sp³-hybridized carbons (Fsp3) is 0.182. The van der Waals surface area contributed by atoms with Crippen molar-refractivity contribution in [3.05, 3.63) is 47.8 Å². The molecule has 0 saturated carbocycles. The van der Waals surface area contributed by atoms with Crippen LogP contribution in [0, 0.1) is 0 Å². The first-order valence-corrected chi connectivity index (χ1v) is 4.36. The summed E-state index contributed by atoms with van der Waals surface area (Å²) in [6, 6.07) is 0. The second-order valence-corrected chi connectivity index (χ2v) is 2.89. The molecule has 0 amide bonds. The Labute approximate surface area is 82.4 Å². The van der Waals surface area contributed by atoms with Crippen LogP contribution in [0.4, 0.5) is 0 Å². The smallest absolute Gasteiger partial charge is 0.303 e. The van der Waals surface area contributed by atoms with Crippen LogP contribution in [0.2, 0.25) is 0 Å². The number of carboxylic acid groups (broad SMARTS) is 1. The molecule has 2 N–H and O–H groups in total. The molecule has 0 aromatic carbocycles. The van der Waals surface area contributed by atoms with E-state index in [9.17, 15) is 9.90 Å².